The van der Waals surface area contributed by atoms with Crippen molar-refractivity contribution in [3.05, 3.63) is 35.9 Å². The van der Waals surface area contributed by atoms with E-state index >= 15 is 0 Å². The third-order valence-corrected chi connectivity index (χ3v) is 4.21. The van der Waals surface area contributed by atoms with Crippen LogP contribution in [0.5, 0.6) is 0 Å². The number of benzene rings is 1. The fourth-order valence-corrected chi connectivity index (χ4v) is 3.05. The van der Waals surface area contributed by atoms with Crippen LogP contribution in [0.1, 0.15) is 45.1 Å². The first-order valence-corrected chi connectivity index (χ1v) is 7.72. The number of hydrogen-bond acceptors (Lipinski definition) is 2. The second-order valence-corrected chi connectivity index (χ2v) is 5.49. The number of nitrogens with zero attached hydrogens (tertiary/aromatic N) is 1. The summed E-state index contributed by atoms with van der Waals surface area (Å²) in [5.41, 5.74) is 1.31. The Bertz CT molecular complexity index is 355. The lowest BCUT2D eigenvalue weighted by atomic mass is 9.84. The molecule has 1 aromatic rings. The van der Waals surface area contributed by atoms with Crippen LogP contribution in [-0.2, 0) is 10.3 Å². The Hall–Kier alpha value is -0.860. The van der Waals surface area contributed by atoms with Crippen molar-refractivity contribution in [2.24, 2.45) is 0 Å². The summed E-state index contributed by atoms with van der Waals surface area (Å²) in [4.78, 5) is 2.59. The smallest absolute Gasteiger partial charge is 0.0955 e. The van der Waals surface area contributed by atoms with E-state index in [1.807, 2.05) is 0 Å². The van der Waals surface area contributed by atoms with E-state index in [-0.39, 0.29) is 5.60 Å². The van der Waals surface area contributed by atoms with Gasteiger partial charge in [-0.15, -0.1) is 0 Å². The number of ether oxygens (including phenoxy) is 1. The number of unbranched alkanes of at least 4 members (excludes halogenated alkanes) is 1. The highest BCUT2D eigenvalue weighted by Gasteiger charge is 2.36. The second kappa shape index (κ2) is 7.06. The minimum atomic E-state index is -0.0429. The fourth-order valence-electron chi connectivity index (χ4n) is 3.05. The molecule has 0 aromatic heterocycles. The molecule has 2 heteroatoms. The van der Waals surface area contributed by atoms with Gasteiger partial charge in [-0.3, -0.25) is 0 Å². The van der Waals surface area contributed by atoms with Gasteiger partial charge < -0.3 is 9.64 Å². The Kier molecular flexibility index (Phi) is 5.41. The molecule has 0 spiro atoms. The Morgan fingerprint density at radius 1 is 1.11 bits per heavy atom. The maximum absolute atomic E-state index is 6.18. The summed E-state index contributed by atoms with van der Waals surface area (Å²) >= 11 is 0. The maximum atomic E-state index is 6.18. The zero-order valence-corrected chi connectivity index (χ0v) is 12.4. The molecule has 1 aliphatic heterocycles. The monoisotopic (exact) mass is 261 g/mol. The first-order valence-electron chi connectivity index (χ1n) is 7.72. The van der Waals surface area contributed by atoms with Gasteiger partial charge in [0, 0.05) is 19.7 Å². The number of piperidine rings is 1. The first kappa shape index (κ1) is 14.5. The highest BCUT2D eigenvalue weighted by Crippen LogP contribution is 2.36. The molecule has 0 amide bonds. The molecular formula is C17H27NO. The fraction of sp³-hybridized carbons (Fsp3) is 0.647. The molecule has 2 rings (SSSR count). The molecule has 1 aromatic carbocycles. The minimum Gasteiger partial charge on any atom is -0.370 e. The van der Waals surface area contributed by atoms with Crippen LogP contribution >= 0.6 is 0 Å². The largest absolute Gasteiger partial charge is 0.370 e. The zero-order valence-electron chi connectivity index (χ0n) is 12.4. The van der Waals surface area contributed by atoms with E-state index in [9.17, 15) is 0 Å². The molecular weight excluding hydrogens is 234 g/mol. The topological polar surface area (TPSA) is 12.5 Å². The summed E-state index contributed by atoms with van der Waals surface area (Å²) in [7, 11) is 0. The summed E-state index contributed by atoms with van der Waals surface area (Å²) in [6.07, 6.45) is 4.84. The van der Waals surface area contributed by atoms with E-state index in [0.29, 0.717) is 0 Å². The molecule has 0 N–H and O–H groups in total. The summed E-state index contributed by atoms with van der Waals surface area (Å²) < 4.78 is 6.18. The Morgan fingerprint density at radius 3 is 2.37 bits per heavy atom. The summed E-state index contributed by atoms with van der Waals surface area (Å²) in [5.74, 6) is 0. The van der Waals surface area contributed by atoms with Crippen molar-refractivity contribution in [2.75, 3.05) is 26.2 Å². The van der Waals surface area contributed by atoms with E-state index in [1.54, 1.807) is 0 Å². The van der Waals surface area contributed by atoms with Gasteiger partial charge in [0.15, 0.2) is 0 Å². The Balaban J connectivity index is 2.03. The van der Waals surface area contributed by atoms with Gasteiger partial charge in [-0.25, -0.2) is 0 Å². The van der Waals surface area contributed by atoms with Crippen molar-refractivity contribution in [2.45, 2.75) is 45.1 Å². The minimum absolute atomic E-state index is 0.0429. The van der Waals surface area contributed by atoms with Crippen LogP contribution in [0.2, 0.25) is 0 Å². The van der Waals surface area contributed by atoms with Gasteiger partial charge in [-0.1, -0.05) is 43.7 Å². The van der Waals surface area contributed by atoms with Gasteiger partial charge in [-0.2, -0.15) is 0 Å². The van der Waals surface area contributed by atoms with Crippen LogP contribution in [0.15, 0.2) is 30.3 Å². The zero-order chi connectivity index (χ0) is 13.6. The molecule has 1 saturated heterocycles. The highest BCUT2D eigenvalue weighted by molar-refractivity contribution is 5.23. The first-order chi connectivity index (χ1) is 9.30. The Morgan fingerprint density at radius 2 is 1.79 bits per heavy atom. The molecule has 19 heavy (non-hydrogen) atoms. The van der Waals surface area contributed by atoms with Gasteiger partial charge in [0.05, 0.1) is 5.60 Å². The molecule has 1 fully saturated rings. The molecule has 1 heterocycles. The predicted molar refractivity (Wildman–Crippen MR) is 80.3 cm³/mol. The van der Waals surface area contributed by atoms with E-state index in [4.69, 9.17) is 4.74 Å². The van der Waals surface area contributed by atoms with Crippen molar-refractivity contribution in [1.29, 1.82) is 0 Å². The SMILES string of the molecule is CCCCN1CCC(OCC)(c2ccccc2)CC1. The van der Waals surface area contributed by atoms with Gasteiger partial charge >= 0.3 is 0 Å². The number of hydrogen-bond donors (Lipinski definition) is 0. The summed E-state index contributed by atoms with van der Waals surface area (Å²) in [6.45, 7) is 8.73. The molecule has 1 aliphatic rings. The average Bonchev–Trinajstić information content (AvgIpc) is 2.48. The third-order valence-electron chi connectivity index (χ3n) is 4.21. The molecule has 0 saturated carbocycles. The molecule has 0 bridgehead atoms. The van der Waals surface area contributed by atoms with Crippen LogP contribution < -0.4 is 0 Å². The quantitative estimate of drug-likeness (QED) is 0.772. The normalized spacial score (nSPS) is 19.5. The molecule has 2 nitrogen and oxygen atoms in total. The van der Waals surface area contributed by atoms with Crippen LogP contribution in [0.3, 0.4) is 0 Å². The van der Waals surface area contributed by atoms with Gasteiger partial charge in [0.2, 0.25) is 0 Å². The molecule has 0 aliphatic carbocycles. The van der Waals surface area contributed by atoms with Gasteiger partial charge in [-0.05, 0) is 38.3 Å². The van der Waals surface area contributed by atoms with Crippen LogP contribution in [0.4, 0.5) is 0 Å². The average molecular weight is 261 g/mol. The second-order valence-electron chi connectivity index (χ2n) is 5.49. The van der Waals surface area contributed by atoms with E-state index in [2.05, 4.69) is 49.1 Å². The lowest BCUT2D eigenvalue weighted by molar-refractivity contribution is -0.0850. The van der Waals surface area contributed by atoms with Crippen molar-refractivity contribution in [3.63, 3.8) is 0 Å². The van der Waals surface area contributed by atoms with Crippen molar-refractivity contribution >= 4 is 0 Å². The lowest BCUT2D eigenvalue weighted by Crippen LogP contribution is -2.44. The highest BCUT2D eigenvalue weighted by atomic mass is 16.5. The van der Waals surface area contributed by atoms with Crippen LogP contribution in [-0.4, -0.2) is 31.1 Å². The predicted octanol–water partition coefficient (Wildman–Crippen LogP) is 3.81. The maximum Gasteiger partial charge on any atom is 0.0955 e. The summed E-state index contributed by atoms with van der Waals surface area (Å²) in [6, 6.07) is 10.8. The van der Waals surface area contributed by atoms with Crippen molar-refractivity contribution in [1.82, 2.24) is 4.90 Å². The molecule has 106 valence electrons. The van der Waals surface area contributed by atoms with E-state index < -0.39 is 0 Å². The number of rotatable bonds is 6. The van der Waals surface area contributed by atoms with Gasteiger partial charge in [0.25, 0.3) is 0 Å². The summed E-state index contributed by atoms with van der Waals surface area (Å²) in [5, 5.41) is 0. The third kappa shape index (κ3) is 3.58. The van der Waals surface area contributed by atoms with E-state index in [1.165, 1.54) is 24.9 Å². The van der Waals surface area contributed by atoms with Crippen molar-refractivity contribution < 1.29 is 4.74 Å². The molecule has 0 atom stereocenters. The molecule has 0 radical (unpaired) electrons. The van der Waals surface area contributed by atoms with E-state index in [0.717, 1.165) is 32.5 Å². The molecule has 0 unspecified atom stereocenters. The lowest BCUT2D eigenvalue weighted by Gasteiger charge is -2.42. The Labute approximate surface area is 117 Å². The number of likely N-dealkylation sites (tertiary alicyclic amines) is 1. The van der Waals surface area contributed by atoms with Gasteiger partial charge in [0.1, 0.15) is 0 Å². The van der Waals surface area contributed by atoms with Crippen LogP contribution in [0, 0.1) is 0 Å². The van der Waals surface area contributed by atoms with Crippen molar-refractivity contribution in [3.8, 4) is 0 Å². The van der Waals surface area contributed by atoms with Crippen LogP contribution in [0.25, 0.3) is 0 Å². The standard InChI is InChI=1S/C17H27NO/c1-3-5-13-18-14-11-17(12-15-18,19-4-2)16-9-7-6-8-10-16/h6-10H,3-5,11-15H2,1-2H3.